The third-order valence-electron chi connectivity index (χ3n) is 5.52. The Hall–Kier alpha value is -1.35. The van der Waals surface area contributed by atoms with E-state index in [9.17, 15) is 4.79 Å². The maximum Gasteiger partial charge on any atom is 0.233 e. The minimum Gasteiger partial charge on any atom is -0.340 e. The topological polar surface area (TPSA) is 46.3 Å². The van der Waals surface area contributed by atoms with Gasteiger partial charge in [-0.25, -0.2) is 0 Å². The molecule has 1 heterocycles. The second kappa shape index (κ2) is 6.41. The van der Waals surface area contributed by atoms with Crippen molar-refractivity contribution in [3.63, 3.8) is 0 Å². The molecule has 0 radical (unpaired) electrons. The van der Waals surface area contributed by atoms with E-state index in [0.717, 1.165) is 51.6 Å². The van der Waals surface area contributed by atoms with Crippen molar-refractivity contribution in [3.8, 4) is 0 Å². The predicted molar refractivity (Wildman–Crippen MR) is 89.7 cm³/mol. The fourth-order valence-electron chi connectivity index (χ4n) is 4.36. The van der Waals surface area contributed by atoms with E-state index in [-0.39, 0.29) is 11.5 Å². The molecule has 1 saturated carbocycles. The highest BCUT2D eigenvalue weighted by Gasteiger charge is 2.44. The van der Waals surface area contributed by atoms with Crippen LogP contribution in [0, 0.1) is 6.92 Å². The van der Waals surface area contributed by atoms with Gasteiger partial charge in [0.1, 0.15) is 0 Å². The first-order chi connectivity index (χ1) is 10.6. The van der Waals surface area contributed by atoms with Gasteiger partial charge in [-0.15, -0.1) is 0 Å². The predicted octanol–water partition coefficient (Wildman–Crippen LogP) is 3.15. The number of rotatable bonds is 2. The van der Waals surface area contributed by atoms with Gasteiger partial charge in [-0.3, -0.25) is 4.79 Å². The number of piperidine rings is 1. The van der Waals surface area contributed by atoms with Crippen LogP contribution >= 0.6 is 0 Å². The van der Waals surface area contributed by atoms with Crippen LogP contribution in [-0.2, 0) is 10.2 Å². The Morgan fingerprint density at radius 2 is 1.91 bits per heavy atom. The van der Waals surface area contributed by atoms with Crippen LogP contribution in [0.4, 0.5) is 0 Å². The summed E-state index contributed by atoms with van der Waals surface area (Å²) in [5, 5.41) is 0. The molecule has 1 aliphatic carbocycles. The van der Waals surface area contributed by atoms with Gasteiger partial charge in [0.25, 0.3) is 0 Å². The Labute approximate surface area is 133 Å². The average Bonchev–Trinajstić information content (AvgIpc) is 2.55. The van der Waals surface area contributed by atoms with E-state index in [1.54, 1.807) is 0 Å². The number of carbonyl (C=O) groups excluding carboxylic acids is 1. The molecule has 1 aliphatic heterocycles. The Morgan fingerprint density at radius 3 is 2.59 bits per heavy atom. The number of hydrogen-bond acceptors (Lipinski definition) is 2. The molecule has 2 N–H and O–H groups in total. The molecule has 1 unspecified atom stereocenters. The number of carbonyl (C=O) groups is 1. The molecule has 1 atom stereocenters. The van der Waals surface area contributed by atoms with Crippen LogP contribution in [0.2, 0.25) is 0 Å². The molecule has 1 aromatic carbocycles. The molecule has 2 aliphatic rings. The van der Waals surface area contributed by atoms with Gasteiger partial charge >= 0.3 is 0 Å². The highest BCUT2D eigenvalue weighted by molar-refractivity contribution is 5.89. The summed E-state index contributed by atoms with van der Waals surface area (Å²) in [6.45, 7) is 3.74. The zero-order valence-electron chi connectivity index (χ0n) is 13.7. The van der Waals surface area contributed by atoms with E-state index in [4.69, 9.17) is 5.73 Å². The monoisotopic (exact) mass is 300 g/mol. The Balaban J connectivity index is 1.95. The van der Waals surface area contributed by atoms with Gasteiger partial charge in [0.15, 0.2) is 0 Å². The average molecular weight is 300 g/mol. The minimum atomic E-state index is -0.305. The normalized spacial score (nSPS) is 25.0. The first-order valence-electron chi connectivity index (χ1n) is 8.74. The van der Waals surface area contributed by atoms with Crippen LogP contribution in [0.25, 0.3) is 0 Å². The SMILES string of the molecule is Cc1ccccc1C1(C(=O)N2CCCC(N)C2)CCCCC1. The van der Waals surface area contributed by atoms with Crippen LogP contribution in [0.3, 0.4) is 0 Å². The van der Waals surface area contributed by atoms with Gasteiger partial charge in [-0.05, 0) is 43.7 Å². The summed E-state index contributed by atoms with van der Waals surface area (Å²) in [5.74, 6) is 0.330. The molecular formula is C19H28N2O. The van der Waals surface area contributed by atoms with Gasteiger partial charge in [0.05, 0.1) is 5.41 Å². The summed E-state index contributed by atoms with van der Waals surface area (Å²) in [6, 6.07) is 8.60. The number of nitrogens with two attached hydrogens (primary N) is 1. The first-order valence-corrected chi connectivity index (χ1v) is 8.74. The molecule has 3 rings (SSSR count). The van der Waals surface area contributed by atoms with Crippen LogP contribution in [-0.4, -0.2) is 29.9 Å². The fourth-order valence-corrected chi connectivity index (χ4v) is 4.36. The van der Waals surface area contributed by atoms with E-state index in [1.807, 2.05) is 4.90 Å². The number of likely N-dealkylation sites (tertiary alicyclic amines) is 1. The zero-order chi connectivity index (χ0) is 15.6. The number of aryl methyl sites for hydroxylation is 1. The standard InChI is InChI=1S/C19H28N2O/c1-15-8-3-4-10-17(15)19(11-5-2-6-12-19)18(22)21-13-7-9-16(20)14-21/h3-4,8,10,16H,2,5-7,9,11-14,20H2,1H3. The van der Waals surface area contributed by atoms with Crippen molar-refractivity contribution < 1.29 is 4.79 Å². The van der Waals surface area contributed by atoms with Crippen molar-refractivity contribution >= 4 is 5.91 Å². The summed E-state index contributed by atoms with van der Waals surface area (Å²) in [5.41, 5.74) is 8.30. The molecule has 22 heavy (non-hydrogen) atoms. The lowest BCUT2D eigenvalue weighted by atomic mass is 9.67. The summed E-state index contributed by atoms with van der Waals surface area (Å²) < 4.78 is 0. The fraction of sp³-hybridized carbons (Fsp3) is 0.632. The van der Waals surface area contributed by atoms with Crippen molar-refractivity contribution in [2.75, 3.05) is 13.1 Å². The number of hydrogen-bond donors (Lipinski definition) is 1. The molecule has 3 heteroatoms. The molecular weight excluding hydrogens is 272 g/mol. The Bertz CT molecular complexity index is 534. The van der Waals surface area contributed by atoms with Gasteiger partial charge < -0.3 is 10.6 Å². The molecule has 1 aromatic rings. The maximum absolute atomic E-state index is 13.4. The van der Waals surface area contributed by atoms with Crippen LogP contribution in [0.15, 0.2) is 24.3 Å². The lowest BCUT2D eigenvalue weighted by Gasteiger charge is -2.43. The maximum atomic E-state index is 13.4. The first kappa shape index (κ1) is 15.5. The quantitative estimate of drug-likeness (QED) is 0.912. The van der Waals surface area contributed by atoms with Gasteiger partial charge in [0, 0.05) is 19.1 Å². The summed E-state index contributed by atoms with van der Waals surface area (Å²) in [4.78, 5) is 15.5. The van der Waals surface area contributed by atoms with Gasteiger partial charge in [-0.2, -0.15) is 0 Å². The van der Waals surface area contributed by atoms with E-state index in [1.165, 1.54) is 17.5 Å². The summed E-state index contributed by atoms with van der Waals surface area (Å²) in [6.07, 6.45) is 7.61. The van der Waals surface area contributed by atoms with Crippen LogP contribution < -0.4 is 5.73 Å². The highest BCUT2D eigenvalue weighted by atomic mass is 16.2. The van der Waals surface area contributed by atoms with Crippen molar-refractivity contribution in [2.45, 2.75) is 63.3 Å². The molecule has 120 valence electrons. The second-order valence-electron chi connectivity index (χ2n) is 7.11. The van der Waals surface area contributed by atoms with Crippen LogP contribution in [0.1, 0.15) is 56.1 Å². The Morgan fingerprint density at radius 1 is 1.18 bits per heavy atom. The smallest absolute Gasteiger partial charge is 0.233 e. The number of amides is 1. The molecule has 0 bridgehead atoms. The molecule has 1 amide bonds. The van der Waals surface area contributed by atoms with Crippen molar-refractivity contribution in [1.29, 1.82) is 0 Å². The third-order valence-corrected chi connectivity index (χ3v) is 5.52. The summed E-state index contributed by atoms with van der Waals surface area (Å²) in [7, 11) is 0. The van der Waals surface area contributed by atoms with E-state index in [0.29, 0.717) is 5.91 Å². The Kier molecular flexibility index (Phi) is 4.53. The van der Waals surface area contributed by atoms with Gasteiger partial charge in [-0.1, -0.05) is 43.5 Å². The van der Waals surface area contributed by atoms with E-state index in [2.05, 4.69) is 31.2 Å². The number of nitrogens with zero attached hydrogens (tertiary/aromatic N) is 1. The van der Waals surface area contributed by atoms with Gasteiger partial charge in [0.2, 0.25) is 5.91 Å². The lowest BCUT2D eigenvalue weighted by Crippen LogP contribution is -2.53. The minimum absolute atomic E-state index is 0.148. The van der Waals surface area contributed by atoms with E-state index < -0.39 is 0 Å². The molecule has 3 nitrogen and oxygen atoms in total. The lowest BCUT2D eigenvalue weighted by molar-refractivity contribution is -0.140. The number of benzene rings is 1. The van der Waals surface area contributed by atoms with E-state index >= 15 is 0 Å². The van der Waals surface area contributed by atoms with Crippen molar-refractivity contribution in [1.82, 2.24) is 4.90 Å². The molecule has 1 saturated heterocycles. The van der Waals surface area contributed by atoms with Crippen molar-refractivity contribution in [3.05, 3.63) is 35.4 Å². The van der Waals surface area contributed by atoms with Crippen LogP contribution in [0.5, 0.6) is 0 Å². The largest absolute Gasteiger partial charge is 0.340 e. The summed E-state index contributed by atoms with van der Waals surface area (Å²) >= 11 is 0. The zero-order valence-corrected chi connectivity index (χ0v) is 13.7. The highest BCUT2D eigenvalue weighted by Crippen LogP contribution is 2.42. The van der Waals surface area contributed by atoms with Crippen molar-refractivity contribution in [2.24, 2.45) is 5.73 Å². The molecule has 2 fully saturated rings. The molecule has 0 spiro atoms. The second-order valence-corrected chi connectivity index (χ2v) is 7.11. The molecule has 0 aromatic heterocycles. The third kappa shape index (κ3) is 2.79.